The van der Waals surface area contributed by atoms with Gasteiger partial charge in [-0.15, -0.1) is 10.2 Å². The van der Waals surface area contributed by atoms with E-state index in [0.717, 1.165) is 37.6 Å². The molecule has 142 valence electrons. The van der Waals surface area contributed by atoms with E-state index in [-0.39, 0.29) is 5.91 Å². The number of hydrogen-bond acceptors (Lipinski definition) is 6. The smallest absolute Gasteiger partial charge is 0.276 e. The molecule has 3 rings (SSSR count). The Kier molecular flexibility index (Phi) is 5.41. The van der Waals surface area contributed by atoms with Crippen LogP contribution in [0.3, 0.4) is 0 Å². The van der Waals surface area contributed by atoms with Gasteiger partial charge in [-0.1, -0.05) is 0 Å². The summed E-state index contributed by atoms with van der Waals surface area (Å²) in [5.74, 6) is 3.47. The molecular weight excluding hydrogens is 332 g/mol. The molecule has 26 heavy (non-hydrogen) atoms. The first-order valence-corrected chi connectivity index (χ1v) is 9.20. The van der Waals surface area contributed by atoms with Gasteiger partial charge in [0.1, 0.15) is 17.4 Å². The summed E-state index contributed by atoms with van der Waals surface area (Å²) in [5.41, 5.74) is 0.436. The van der Waals surface area contributed by atoms with E-state index >= 15 is 0 Å². The van der Waals surface area contributed by atoms with Crippen molar-refractivity contribution in [3.8, 4) is 0 Å². The quantitative estimate of drug-likeness (QED) is 0.811. The van der Waals surface area contributed by atoms with Crippen LogP contribution in [0.25, 0.3) is 0 Å². The standard InChI is InChI=1S/C18H28N6O2/c1-6-24-15(11-22(4)5)20-21-17(24)14-7-9-23(10-8-14)18(25)16-12(2)26-13(3)19-16/h14H,6-11H2,1-5H3. The molecule has 0 radical (unpaired) electrons. The monoisotopic (exact) mass is 360 g/mol. The second-order valence-corrected chi connectivity index (χ2v) is 7.16. The third-order valence-corrected chi connectivity index (χ3v) is 4.88. The highest BCUT2D eigenvalue weighted by Gasteiger charge is 2.30. The van der Waals surface area contributed by atoms with Crippen LogP contribution in [0.15, 0.2) is 4.42 Å². The molecule has 8 nitrogen and oxygen atoms in total. The summed E-state index contributed by atoms with van der Waals surface area (Å²) in [4.78, 5) is 20.9. The Hall–Kier alpha value is -2.22. The number of carbonyl (C=O) groups excluding carboxylic acids is 1. The Bertz CT molecular complexity index is 771. The van der Waals surface area contributed by atoms with Crippen molar-refractivity contribution < 1.29 is 9.21 Å². The molecule has 0 aromatic carbocycles. The lowest BCUT2D eigenvalue weighted by atomic mass is 9.95. The summed E-state index contributed by atoms with van der Waals surface area (Å²) in [6.45, 7) is 8.73. The molecule has 1 fully saturated rings. The second kappa shape index (κ2) is 7.57. The summed E-state index contributed by atoms with van der Waals surface area (Å²) in [6, 6.07) is 0. The maximum atomic E-state index is 12.7. The number of hydrogen-bond donors (Lipinski definition) is 0. The summed E-state index contributed by atoms with van der Waals surface area (Å²) in [7, 11) is 4.07. The summed E-state index contributed by atoms with van der Waals surface area (Å²) >= 11 is 0. The first-order valence-electron chi connectivity index (χ1n) is 9.20. The zero-order valence-electron chi connectivity index (χ0n) is 16.3. The Morgan fingerprint density at radius 2 is 1.92 bits per heavy atom. The molecule has 0 aliphatic carbocycles. The van der Waals surface area contributed by atoms with Crippen LogP contribution >= 0.6 is 0 Å². The van der Waals surface area contributed by atoms with E-state index in [2.05, 4.69) is 31.6 Å². The van der Waals surface area contributed by atoms with Crippen LogP contribution in [0, 0.1) is 13.8 Å². The van der Waals surface area contributed by atoms with Crippen LogP contribution in [-0.2, 0) is 13.1 Å². The minimum absolute atomic E-state index is 0.0388. The Morgan fingerprint density at radius 3 is 2.46 bits per heavy atom. The third-order valence-electron chi connectivity index (χ3n) is 4.88. The van der Waals surface area contributed by atoms with Gasteiger partial charge in [-0.05, 0) is 40.8 Å². The van der Waals surface area contributed by atoms with Gasteiger partial charge in [0, 0.05) is 32.5 Å². The summed E-state index contributed by atoms with van der Waals surface area (Å²) < 4.78 is 7.61. The van der Waals surface area contributed by atoms with Gasteiger partial charge in [0.2, 0.25) is 0 Å². The minimum atomic E-state index is -0.0388. The number of aryl methyl sites for hydroxylation is 2. The maximum Gasteiger partial charge on any atom is 0.276 e. The van der Waals surface area contributed by atoms with Crippen LogP contribution in [0.2, 0.25) is 0 Å². The fraction of sp³-hybridized carbons (Fsp3) is 0.667. The van der Waals surface area contributed by atoms with E-state index in [9.17, 15) is 4.79 Å². The van der Waals surface area contributed by atoms with Gasteiger partial charge in [-0.3, -0.25) is 4.79 Å². The molecule has 1 saturated heterocycles. The van der Waals surface area contributed by atoms with Crippen LogP contribution in [0.5, 0.6) is 0 Å². The number of likely N-dealkylation sites (tertiary alicyclic amines) is 1. The number of oxazole rings is 1. The van der Waals surface area contributed by atoms with E-state index < -0.39 is 0 Å². The van der Waals surface area contributed by atoms with Gasteiger partial charge in [0.15, 0.2) is 11.6 Å². The van der Waals surface area contributed by atoms with Gasteiger partial charge >= 0.3 is 0 Å². The average molecular weight is 360 g/mol. The number of nitrogens with zero attached hydrogens (tertiary/aromatic N) is 6. The minimum Gasteiger partial charge on any atom is -0.445 e. The van der Waals surface area contributed by atoms with Crippen molar-refractivity contribution in [2.75, 3.05) is 27.2 Å². The molecule has 0 bridgehead atoms. The average Bonchev–Trinajstić information content (AvgIpc) is 3.16. The highest BCUT2D eigenvalue weighted by molar-refractivity contribution is 5.93. The number of carbonyl (C=O) groups is 1. The molecule has 1 amide bonds. The van der Waals surface area contributed by atoms with Gasteiger partial charge in [0.05, 0.1) is 6.54 Å². The number of amides is 1. The Labute approximate surface area is 154 Å². The molecule has 3 heterocycles. The van der Waals surface area contributed by atoms with Gasteiger partial charge < -0.3 is 18.8 Å². The highest BCUT2D eigenvalue weighted by atomic mass is 16.4. The lowest BCUT2D eigenvalue weighted by Crippen LogP contribution is -2.38. The Morgan fingerprint density at radius 1 is 1.23 bits per heavy atom. The molecule has 1 aliphatic heterocycles. The van der Waals surface area contributed by atoms with Gasteiger partial charge in [-0.25, -0.2) is 4.98 Å². The number of piperidine rings is 1. The zero-order valence-corrected chi connectivity index (χ0v) is 16.3. The van der Waals surface area contributed by atoms with Crippen LogP contribution < -0.4 is 0 Å². The molecule has 2 aromatic rings. The predicted molar refractivity (Wildman–Crippen MR) is 96.9 cm³/mol. The van der Waals surface area contributed by atoms with E-state index in [1.807, 2.05) is 19.0 Å². The Balaban J connectivity index is 1.68. The number of aromatic nitrogens is 4. The normalized spacial score (nSPS) is 15.8. The maximum absolute atomic E-state index is 12.7. The first-order chi connectivity index (χ1) is 12.4. The topological polar surface area (TPSA) is 80.3 Å². The van der Waals surface area contributed by atoms with E-state index in [0.29, 0.717) is 36.4 Å². The van der Waals surface area contributed by atoms with Crippen molar-refractivity contribution >= 4 is 5.91 Å². The van der Waals surface area contributed by atoms with Crippen molar-refractivity contribution in [2.24, 2.45) is 0 Å². The highest BCUT2D eigenvalue weighted by Crippen LogP contribution is 2.28. The summed E-state index contributed by atoms with van der Waals surface area (Å²) in [5, 5.41) is 8.85. The van der Waals surface area contributed by atoms with Gasteiger partial charge in [0.25, 0.3) is 5.91 Å². The van der Waals surface area contributed by atoms with Crippen molar-refractivity contribution in [3.05, 3.63) is 29.0 Å². The van der Waals surface area contributed by atoms with Crippen molar-refractivity contribution in [1.82, 2.24) is 29.5 Å². The van der Waals surface area contributed by atoms with Crippen LogP contribution in [0.1, 0.15) is 59.5 Å². The molecule has 8 heteroatoms. The molecule has 2 aromatic heterocycles. The van der Waals surface area contributed by atoms with Crippen LogP contribution in [-0.4, -0.2) is 62.6 Å². The van der Waals surface area contributed by atoms with Crippen molar-refractivity contribution in [2.45, 2.75) is 52.6 Å². The first kappa shape index (κ1) is 18.6. The lowest BCUT2D eigenvalue weighted by Gasteiger charge is -2.31. The fourth-order valence-electron chi connectivity index (χ4n) is 3.61. The van der Waals surface area contributed by atoms with Crippen LogP contribution in [0.4, 0.5) is 0 Å². The molecule has 0 spiro atoms. The summed E-state index contributed by atoms with van der Waals surface area (Å²) in [6.07, 6.45) is 1.78. The van der Waals surface area contributed by atoms with Crippen molar-refractivity contribution in [3.63, 3.8) is 0 Å². The third kappa shape index (κ3) is 3.65. The second-order valence-electron chi connectivity index (χ2n) is 7.16. The lowest BCUT2D eigenvalue weighted by molar-refractivity contribution is 0.0703. The molecule has 0 unspecified atom stereocenters. The number of rotatable bonds is 5. The zero-order chi connectivity index (χ0) is 18.8. The molecular formula is C18H28N6O2. The van der Waals surface area contributed by atoms with E-state index in [1.165, 1.54) is 0 Å². The van der Waals surface area contributed by atoms with Crippen molar-refractivity contribution in [1.29, 1.82) is 0 Å². The SMILES string of the molecule is CCn1c(CN(C)C)nnc1C1CCN(C(=O)c2nc(C)oc2C)CC1. The molecule has 1 aliphatic rings. The predicted octanol–water partition coefficient (Wildman–Crippen LogP) is 1.98. The molecule has 0 N–H and O–H groups in total. The molecule has 0 saturated carbocycles. The van der Waals surface area contributed by atoms with Gasteiger partial charge in [-0.2, -0.15) is 0 Å². The van der Waals surface area contributed by atoms with E-state index in [1.54, 1.807) is 13.8 Å². The van der Waals surface area contributed by atoms with E-state index in [4.69, 9.17) is 4.42 Å². The molecule has 0 atom stereocenters. The largest absolute Gasteiger partial charge is 0.445 e. The fourth-order valence-corrected chi connectivity index (χ4v) is 3.61.